The molecule has 0 fully saturated rings. The molecule has 9 nitrogen and oxygen atoms in total. The fourth-order valence-corrected chi connectivity index (χ4v) is 5.11. The first-order valence-corrected chi connectivity index (χ1v) is 12.2. The molecule has 1 atom stereocenters. The molecule has 2 aromatic heterocycles. The third-order valence-electron chi connectivity index (χ3n) is 5.77. The molecule has 1 N–H and O–H groups in total. The molecule has 0 aliphatic carbocycles. The van der Waals surface area contributed by atoms with Crippen molar-refractivity contribution in [1.82, 2.24) is 15.2 Å². The first kappa shape index (κ1) is 21.9. The molecule has 172 valence electrons. The molecule has 0 unspecified atom stereocenters. The molecule has 1 aliphatic heterocycles. The molecule has 0 radical (unpaired) electrons. The first-order chi connectivity index (χ1) is 16.2. The standard InChI is InChI=1S/C24H20N4O5S/c1-24(33-34(2,31)32)19-9-5-6-10-21(19)28(23(24)30)16-11-15(13-25-14-16)12-20-17-7-3-4-8-18(17)22(29)27-26-20/h3-11,13-14H,12H2,1-2H3,(H,27,29)/t24-/m0/s1. The van der Waals surface area contributed by atoms with Gasteiger partial charge in [-0.2, -0.15) is 13.5 Å². The summed E-state index contributed by atoms with van der Waals surface area (Å²) in [5.74, 6) is -0.536. The first-order valence-electron chi connectivity index (χ1n) is 10.4. The fourth-order valence-electron chi connectivity index (χ4n) is 4.34. The van der Waals surface area contributed by atoms with Crippen LogP contribution in [0, 0.1) is 0 Å². The number of pyridine rings is 1. The molecule has 5 rings (SSSR count). The second kappa shape index (κ2) is 7.86. The number of hydrogen-bond acceptors (Lipinski definition) is 7. The third-order valence-corrected chi connectivity index (χ3v) is 6.41. The average molecular weight is 477 g/mol. The van der Waals surface area contributed by atoms with Crippen LogP contribution < -0.4 is 10.5 Å². The van der Waals surface area contributed by atoms with Gasteiger partial charge < -0.3 is 0 Å². The lowest BCUT2D eigenvalue weighted by Gasteiger charge is -2.23. The summed E-state index contributed by atoms with van der Waals surface area (Å²) in [6.07, 6.45) is 4.46. The van der Waals surface area contributed by atoms with Gasteiger partial charge in [-0.05, 0) is 30.7 Å². The van der Waals surface area contributed by atoms with Gasteiger partial charge in [0.2, 0.25) is 0 Å². The minimum atomic E-state index is -3.92. The zero-order valence-electron chi connectivity index (χ0n) is 18.3. The van der Waals surface area contributed by atoms with Crippen molar-refractivity contribution in [2.45, 2.75) is 18.9 Å². The molecule has 3 heterocycles. The van der Waals surface area contributed by atoms with Crippen molar-refractivity contribution >= 4 is 38.2 Å². The summed E-state index contributed by atoms with van der Waals surface area (Å²) in [5, 5.41) is 8.00. The van der Waals surface area contributed by atoms with E-state index >= 15 is 0 Å². The van der Waals surface area contributed by atoms with Crippen molar-refractivity contribution in [2.24, 2.45) is 0 Å². The van der Waals surface area contributed by atoms with E-state index in [2.05, 4.69) is 15.2 Å². The maximum absolute atomic E-state index is 13.5. The average Bonchev–Trinajstić information content (AvgIpc) is 3.01. The number of hydrogen-bond donors (Lipinski definition) is 1. The van der Waals surface area contributed by atoms with Crippen LogP contribution in [0.3, 0.4) is 0 Å². The van der Waals surface area contributed by atoms with Crippen LogP contribution in [0.4, 0.5) is 11.4 Å². The van der Waals surface area contributed by atoms with Crippen LogP contribution in [-0.2, 0) is 31.1 Å². The highest BCUT2D eigenvalue weighted by atomic mass is 32.2. The van der Waals surface area contributed by atoms with Crippen molar-refractivity contribution in [3.63, 3.8) is 0 Å². The molecule has 0 saturated carbocycles. The molecular formula is C24H20N4O5S. The normalized spacial score (nSPS) is 17.8. The lowest BCUT2D eigenvalue weighted by molar-refractivity contribution is -0.130. The van der Waals surface area contributed by atoms with Gasteiger partial charge in [0, 0.05) is 23.6 Å². The number of nitrogens with zero attached hydrogens (tertiary/aromatic N) is 3. The number of amides is 1. The molecule has 0 bridgehead atoms. The van der Waals surface area contributed by atoms with Gasteiger partial charge in [0.15, 0.2) is 5.60 Å². The van der Waals surface area contributed by atoms with Gasteiger partial charge in [0.1, 0.15) is 0 Å². The van der Waals surface area contributed by atoms with Crippen LogP contribution in [0.1, 0.15) is 23.7 Å². The largest absolute Gasteiger partial charge is 0.276 e. The number of para-hydroxylation sites is 1. The van der Waals surface area contributed by atoms with Crippen LogP contribution >= 0.6 is 0 Å². The Bertz CT molecular complexity index is 1620. The number of carbonyl (C=O) groups is 1. The van der Waals surface area contributed by atoms with E-state index in [4.69, 9.17) is 4.18 Å². The van der Waals surface area contributed by atoms with Crippen LogP contribution in [-0.4, -0.2) is 35.8 Å². The molecule has 0 spiro atoms. The predicted octanol–water partition coefficient (Wildman–Crippen LogP) is 2.78. The van der Waals surface area contributed by atoms with Gasteiger partial charge in [0.25, 0.3) is 21.6 Å². The van der Waals surface area contributed by atoms with Gasteiger partial charge >= 0.3 is 0 Å². The minimum Gasteiger partial charge on any atom is -0.276 e. The number of aromatic amines is 1. The number of nitrogens with one attached hydrogen (secondary N) is 1. The summed E-state index contributed by atoms with van der Waals surface area (Å²) >= 11 is 0. The van der Waals surface area contributed by atoms with Crippen LogP contribution in [0.25, 0.3) is 10.8 Å². The van der Waals surface area contributed by atoms with E-state index < -0.39 is 21.6 Å². The second-order valence-corrected chi connectivity index (χ2v) is 9.83. The van der Waals surface area contributed by atoms with E-state index in [0.29, 0.717) is 34.4 Å². The number of fused-ring (bicyclic) bond motifs is 2. The Morgan fingerprint density at radius 2 is 1.74 bits per heavy atom. The molecule has 1 amide bonds. The summed E-state index contributed by atoms with van der Waals surface area (Å²) in [6.45, 7) is 1.45. The van der Waals surface area contributed by atoms with E-state index in [-0.39, 0.29) is 5.56 Å². The van der Waals surface area contributed by atoms with Crippen molar-refractivity contribution in [2.75, 3.05) is 11.2 Å². The highest BCUT2D eigenvalue weighted by Gasteiger charge is 2.51. The zero-order chi connectivity index (χ0) is 24.1. The maximum Gasteiger partial charge on any atom is 0.272 e. The van der Waals surface area contributed by atoms with E-state index in [1.54, 1.807) is 48.7 Å². The molecule has 1 aliphatic rings. The molecule has 34 heavy (non-hydrogen) atoms. The number of carbonyl (C=O) groups excluding carboxylic acids is 1. The van der Waals surface area contributed by atoms with Crippen LogP contribution in [0.15, 0.2) is 71.8 Å². The summed E-state index contributed by atoms with van der Waals surface area (Å²) in [5.41, 5.74) is 0.879. The summed E-state index contributed by atoms with van der Waals surface area (Å²) in [7, 11) is -3.92. The third kappa shape index (κ3) is 3.66. The summed E-state index contributed by atoms with van der Waals surface area (Å²) < 4.78 is 29.2. The zero-order valence-corrected chi connectivity index (χ0v) is 19.2. The monoisotopic (exact) mass is 476 g/mol. The Morgan fingerprint density at radius 3 is 2.50 bits per heavy atom. The number of aromatic nitrogens is 3. The van der Waals surface area contributed by atoms with Gasteiger partial charge in [-0.3, -0.25) is 19.5 Å². The Labute approximate surface area is 195 Å². The predicted molar refractivity (Wildman–Crippen MR) is 126 cm³/mol. The summed E-state index contributed by atoms with van der Waals surface area (Å²) in [4.78, 5) is 31.3. The smallest absolute Gasteiger partial charge is 0.272 e. The molecule has 0 saturated heterocycles. The molecule has 2 aromatic carbocycles. The number of rotatable bonds is 5. The van der Waals surface area contributed by atoms with Crippen molar-refractivity contribution in [3.05, 3.63) is 94.2 Å². The highest BCUT2D eigenvalue weighted by Crippen LogP contribution is 2.46. The van der Waals surface area contributed by atoms with Gasteiger partial charge in [0.05, 0.1) is 34.9 Å². The van der Waals surface area contributed by atoms with Crippen molar-refractivity contribution in [1.29, 1.82) is 0 Å². The second-order valence-electron chi connectivity index (χ2n) is 8.25. The Morgan fingerprint density at radius 1 is 1.03 bits per heavy atom. The Kier molecular flexibility index (Phi) is 5.07. The number of benzene rings is 2. The van der Waals surface area contributed by atoms with Crippen molar-refractivity contribution < 1.29 is 17.4 Å². The summed E-state index contributed by atoms with van der Waals surface area (Å²) in [6, 6.07) is 15.9. The maximum atomic E-state index is 13.5. The Balaban J connectivity index is 1.56. The highest BCUT2D eigenvalue weighted by molar-refractivity contribution is 7.86. The minimum absolute atomic E-state index is 0.268. The van der Waals surface area contributed by atoms with Crippen LogP contribution in [0.5, 0.6) is 0 Å². The van der Waals surface area contributed by atoms with E-state index in [1.807, 2.05) is 12.1 Å². The van der Waals surface area contributed by atoms with E-state index in [9.17, 15) is 18.0 Å². The van der Waals surface area contributed by atoms with Crippen LogP contribution in [0.2, 0.25) is 0 Å². The molecule has 4 aromatic rings. The quantitative estimate of drug-likeness (QED) is 0.440. The fraction of sp³-hybridized carbons (Fsp3) is 0.167. The van der Waals surface area contributed by atoms with Gasteiger partial charge in [-0.15, -0.1) is 0 Å². The van der Waals surface area contributed by atoms with Gasteiger partial charge in [-0.25, -0.2) is 9.28 Å². The number of anilines is 2. The lowest BCUT2D eigenvalue weighted by Crippen LogP contribution is -2.39. The molecular weight excluding hydrogens is 456 g/mol. The van der Waals surface area contributed by atoms with Crippen molar-refractivity contribution in [3.8, 4) is 0 Å². The Hall–Kier alpha value is -3.89. The lowest BCUT2D eigenvalue weighted by atomic mass is 9.98. The topological polar surface area (TPSA) is 122 Å². The molecule has 10 heteroatoms. The van der Waals surface area contributed by atoms with Gasteiger partial charge in [-0.1, -0.05) is 36.4 Å². The van der Waals surface area contributed by atoms with E-state index in [1.165, 1.54) is 18.0 Å². The SMILES string of the molecule is C[C@@]1(OS(C)(=O)=O)C(=O)N(c2cncc(Cc3n[nH]c(=O)c4ccccc34)c2)c2ccccc21. The number of H-pyrrole nitrogens is 1. The van der Waals surface area contributed by atoms with E-state index in [0.717, 1.165) is 17.2 Å².